The number of carbonyl (C=O) groups excluding carboxylic acids is 3. The maximum absolute atomic E-state index is 13.2. The first-order valence-electron chi connectivity index (χ1n) is 10.5. The van der Waals surface area contributed by atoms with E-state index in [0.29, 0.717) is 36.3 Å². The predicted octanol–water partition coefficient (Wildman–Crippen LogP) is 3.94. The number of benzene rings is 2. The molecule has 0 aromatic heterocycles. The van der Waals surface area contributed by atoms with E-state index in [2.05, 4.69) is 5.32 Å². The van der Waals surface area contributed by atoms with Gasteiger partial charge in [-0.2, -0.15) is 13.2 Å². The summed E-state index contributed by atoms with van der Waals surface area (Å²) >= 11 is 0. The van der Waals surface area contributed by atoms with E-state index in [-0.39, 0.29) is 30.2 Å². The van der Waals surface area contributed by atoms with Crippen molar-refractivity contribution in [1.82, 2.24) is 10.2 Å². The van der Waals surface area contributed by atoms with E-state index in [4.69, 9.17) is 4.74 Å². The molecule has 2 aromatic rings. The highest BCUT2D eigenvalue weighted by molar-refractivity contribution is 5.94. The van der Waals surface area contributed by atoms with Crippen molar-refractivity contribution in [3.05, 3.63) is 64.7 Å². The molecule has 2 aromatic carbocycles. The van der Waals surface area contributed by atoms with Gasteiger partial charge in [0.2, 0.25) is 11.8 Å². The number of Topliss-reactive ketones (excluding diaryl/α,β-unsaturated/α-hetero) is 1. The van der Waals surface area contributed by atoms with Crippen LogP contribution in [-0.2, 0) is 22.2 Å². The monoisotopic (exact) mass is 462 g/mol. The van der Waals surface area contributed by atoms with Crippen molar-refractivity contribution >= 4 is 17.6 Å². The lowest BCUT2D eigenvalue weighted by molar-refractivity contribution is -0.137. The molecule has 0 spiro atoms. The summed E-state index contributed by atoms with van der Waals surface area (Å²) in [5, 5.41) is 2.77. The van der Waals surface area contributed by atoms with Gasteiger partial charge in [-0.1, -0.05) is 12.1 Å². The minimum absolute atomic E-state index is 0.0660. The Labute approximate surface area is 189 Å². The molecule has 1 atom stereocenters. The molecule has 1 heterocycles. The molecule has 6 nitrogen and oxygen atoms in total. The normalized spacial score (nSPS) is 14.8. The van der Waals surface area contributed by atoms with Gasteiger partial charge in [0.1, 0.15) is 5.75 Å². The van der Waals surface area contributed by atoms with E-state index >= 15 is 0 Å². The van der Waals surface area contributed by atoms with E-state index in [1.54, 1.807) is 23.1 Å². The van der Waals surface area contributed by atoms with E-state index in [0.717, 1.165) is 12.1 Å². The van der Waals surface area contributed by atoms with Crippen LogP contribution in [0, 0.1) is 0 Å². The van der Waals surface area contributed by atoms with Gasteiger partial charge >= 0.3 is 6.18 Å². The van der Waals surface area contributed by atoms with Crippen LogP contribution in [-0.4, -0.2) is 42.7 Å². The third-order valence-corrected chi connectivity index (χ3v) is 5.56. The van der Waals surface area contributed by atoms with Crippen LogP contribution in [0.15, 0.2) is 42.5 Å². The van der Waals surface area contributed by atoms with E-state index in [9.17, 15) is 27.6 Å². The van der Waals surface area contributed by atoms with Crippen LogP contribution in [0.4, 0.5) is 13.2 Å². The number of halogens is 3. The first-order chi connectivity index (χ1) is 15.6. The van der Waals surface area contributed by atoms with Gasteiger partial charge in [-0.05, 0) is 49.2 Å². The van der Waals surface area contributed by atoms with Crippen LogP contribution in [0.3, 0.4) is 0 Å². The van der Waals surface area contributed by atoms with Gasteiger partial charge in [-0.3, -0.25) is 14.4 Å². The molecule has 1 N–H and O–H groups in total. The molecular weight excluding hydrogens is 437 g/mol. The Balaban J connectivity index is 1.86. The number of hydrogen-bond acceptors (Lipinski definition) is 4. The highest BCUT2D eigenvalue weighted by Gasteiger charge is 2.32. The Morgan fingerprint density at radius 1 is 1.18 bits per heavy atom. The molecule has 1 saturated heterocycles. The SMILES string of the molecule is COc1ccc(C(C)=O)cc1CC(=O)NC(CN1CCCC1=O)c1cccc(C(F)(F)F)c1. The van der Waals surface area contributed by atoms with Crippen molar-refractivity contribution in [2.24, 2.45) is 0 Å². The fourth-order valence-corrected chi connectivity index (χ4v) is 3.84. The number of methoxy groups -OCH3 is 1. The summed E-state index contributed by atoms with van der Waals surface area (Å²) in [6.07, 6.45) is -3.64. The molecule has 3 rings (SSSR count). The third kappa shape index (κ3) is 6.12. The molecular formula is C24H25F3N2O4. The number of nitrogens with one attached hydrogen (secondary N) is 1. The fourth-order valence-electron chi connectivity index (χ4n) is 3.84. The molecule has 9 heteroatoms. The zero-order valence-electron chi connectivity index (χ0n) is 18.4. The second-order valence-electron chi connectivity index (χ2n) is 7.95. The van der Waals surface area contributed by atoms with Gasteiger partial charge in [-0.25, -0.2) is 0 Å². The summed E-state index contributed by atoms with van der Waals surface area (Å²) < 4.78 is 45.0. The first kappa shape index (κ1) is 24.3. The van der Waals surface area contributed by atoms with Crippen LogP contribution < -0.4 is 10.1 Å². The lowest BCUT2D eigenvalue weighted by Gasteiger charge is -2.26. The number of hydrogen-bond donors (Lipinski definition) is 1. The number of ketones is 1. The number of ether oxygens (including phenoxy) is 1. The smallest absolute Gasteiger partial charge is 0.416 e. The number of alkyl halides is 3. The predicted molar refractivity (Wildman–Crippen MR) is 115 cm³/mol. The molecule has 2 amide bonds. The van der Waals surface area contributed by atoms with Crippen LogP contribution in [0.1, 0.15) is 52.9 Å². The zero-order chi connectivity index (χ0) is 24.2. The lowest BCUT2D eigenvalue weighted by Crippen LogP contribution is -2.39. The Kier molecular flexibility index (Phi) is 7.40. The molecule has 176 valence electrons. The van der Waals surface area contributed by atoms with Crippen LogP contribution in [0.2, 0.25) is 0 Å². The molecule has 1 aliphatic heterocycles. The topological polar surface area (TPSA) is 75.7 Å². The van der Waals surface area contributed by atoms with Crippen molar-refractivity contribution in [2.75, 3.05) is 20.2 Å². The molecule has 0 bridgehead atoms. The van der Waals surface area contributed by atoms with Crippen molar-refractivity contribution in [3.63, 3.8) is 0 Å². The van der Waals surface area contributed by atoms with Gasteiger partial charge in [0.05, 0.1) is 25.1 Å². The van der Waals surface area contributed by atoms with E-state index < -0.39 is 23.7 Å². The summed E-state index contributed by atoms with van der Waals surface area (Å²) in [4.78, 5) is 38.3. The molecule has 33 heavy (non-hydrogen) atoms. The molecule has 0 radical (unpaired) electrons. The number of carbonyl (C=O) groups is 3. The number of amides is 2. The van der Waals surface area contributed by atoms with Gasteiger partial charge in [0.25, 0.3) is 0 Å². The third-order valence-electron chi connectivity index (χ3n) is 5.56. The van der Waals surface area contributed by atoms with Crippen molar-refractivity contribution < 1.29 is 32.3 Å². The highest BCUT2D eigenvalue weighted by Crippen LogP contribution is 2.31. The maximum atomic E-state index is 13.2. The van der Waals surface area contributed by atoms with Gasteiger partial charge in [-0.15, -0.1) is 0 Å². The number of nitrogens with zero attached hydrogens (tertiary/aromatic N) is 1. The first-order valence-corrected chi connectivity index (χ1v) is 10.5. The Bertz CT molecular complexity index is 1050. The molecule has 1 fully saturated rings. The number of rotatable bonds is 8. The quantitative estimate of drug-likeness (QED) is 0.603. The van der Waals surface area contributed by atoms with Crippen molar-refractivity contribution in [1.29, 1.82) is 0 Å². The standard InChI is InChI=1S/C24H25F3N2O4/c1-15(30)16-8-9-21(33-2)18(11-16)13-22(31)28-20(14-29-10-4-7-23(29)32)17-5-3-6-19(12-17)24(25,26)27/h3,5-6,8-9,11-12,20H,4,7,10,13-14H2,1-2H3,(H,28,31). The zero-order valence-corrected chi connectivity index (χ0v) is 18.4. The largest absolute Gasteiger partial charge is 0.496 e. The van der Waals surface area contributed by atoms with Crippen molar-refractivity contribution in [3.8, 4) is 5.75 Å². The van der Waals surface area contributed by atoms with Gasteiger partial charge in [0.15, 0.2) is 5.78 Å². The molecule has 0 saturated carbocycles. The minimum atomic E-state index is -4.53. The Morgan fingerprint density at radius 2 is 1.94 bits per heavy atom. The summed E-state index contributed by atoms with van der Waals surface area (Å²) in [5.74, 6) is -0.325. The lowest BCUT2D eigenvalue weighted by atomic mass is 10.0. The second kappa shape index (κ2) is 10.1. The second-order valence-corrected chi connectivity index (χ2v) is 7.95. The van der Waals surface area contributed by atoms with Crippen LogP contribution >= 0.6 is 0 Å². The number of likely N-dealkylation sites (tertiary alicyclic amines) is 1. The molecule has 1 aliphatic rings. The van der Waals surface area contributed by atoms with Crippen molar-refractivity contribution in [2.45, 2.75) is 38.4 Å². The average Bonchev–Trinajstić information content (AvgIpc) is 3.17. The van der Waals surface area contributed by atoms with E-state index in [1.165, 1.54) is 26.2 Å². The van der Waals surface area contributed by atoms with E-state index in [1.807, 2.05) is 0 Å². The van der Waals surface area contributed by atoms with Gasteiger partial charge < -0.3 is 15.0 Å². The summed E-state index contributed by atoms with van der Waals surface area (Å²) in [6, 6.07) is 8.64. The molecule has 1 unspecified atom stereocenters. The highest BCUT2D eigenvalue weighted by atomic mass is 19.4. The fraction of sp³-hybridized carbons (Fsp3) is 0.375. The maximum Gasteiger partial charge on any atom is 0.416 e. The molecule has 0 aliphatic carbocycles. The van der Waals surface area contributed by atoms with Crippen LogP contribution in [0.5, 0.6) is 5.75 Å². The minimum Gasteiger partial charge on any atom is -0.496 e. The van der Waals surface area contributed by atoms with Crippen LogP contribution in [0.25, 0.3) is 0 Å². The van der Waals surface area contributed by atoms with Gasteiger partial charge in [0, 0.05) is 30.6 Å². The summed E-state index contributed by atoms with van der Waals surface area (Å²) in [5.41, 5.74) is 0.309. The summed E-state index contributed by atoms with van der Waals surface area (Å²) in [7, 11) is 1.44. The Hall–Kier alpha value is -3.36. The summed E-state index contributed by atoms with van der Waals surface area (Å²) in [6.45, 7) is 1.96. The Morgan fingerprint density at radius 3 is 2.55 bits per heavy atom. The average molecular weight is 462 g/mol.